The molecule has 3 heteroatoms. The van der Waals surface area contributed by atoms with Crippen molar-refractivity contribution in [3.8, 4) is 5.75 Å². The molecular formula is C14H18N2O. The molecule has 1 aromatic carbocycles. The van der Waals surface area contributed by atoms with Crippen molar-refractivity contribution in [2.45, 2.75) is 13.3 Å². The molecule has 90 valence electrons. The van der Waals surface area contributed by atoms with Gasteiger partial charge in [-0.25, -0.2) is 4.98 Å². The fourth-order valence-electron chi connectivity index (χ4n) is 1.97. The van der Waals surface area contributed by atoms with Gasteiger partial charge in [0.15, 0.2) is 0 Å². The number of rotatable bonds is 4. The van der Waals surface area contributed by atoms with Gasteiger partial charge >= 0.3 is 0 Å². The lowest BCUT2D eigenvalue weighted by molar-refractivity contribution is 0.419. The van der Waals surface area contributed by atoms with Gasteiger partial charge in [0.1, 0.15) is 11.6 Å². The van der Waals surface area contributed by atoms with E-state index >= 15 is 0 Å². The normalized spacial score (nSPS) is 10.5. The van der Waals surface area contributed by atoms with Crippen LogP contribution in [0.2, 0.25) is 0 Å². The number of pyridine rings is 1. The molecule has 3 nitrogen and oxygen atoms in total. The zero-order valence-electron chi connectivity index (χ0n) is 10.6. The fourth-order valence-corrected chi connectivity index (χ4v) is 1.97. The second-order valence-electron chi connectivity index (χ2n) is 4.15. The predicted molar refractivity (Wildman–Crippen MR) is 71.9 cm³/mol. The number of ether oxygens (including phenoxy) is 1. The summed E-state index contributed by atoms with van der Waals surface area (Å²) in [5.74, 6) is 1.88. The maximum atomic E-state index is 5.32. The van der Waals surface area contributed by atoms with E-state index in [2.05, 4.69) is 36.0 Å². The van der Waals surface area contributed by atoms with Crippen LogP contribution < -0.4 is 9.64 Å². The number of fused-ring (bicyclic) bond motifs is 1. The van der Waals surface area contributed by atoms with E-state index in [4.69, 9.17) is 4.74 Å². The molecule has 0 saturated heterocycles. The Morgan fingerprint density at radius 3 is 2.88 bits per heavy atom. The largest absolute Gasteiger partial charge is 0.496 e. The summed E-state index contributed by atoms with van der Waals surface area (Å²) in [4.78, 5) is 6.65. The first kappa shape index (κ1) is 11.7. The number of hydrogen-bond donors (Lipinski definition) is 0. The van der Waals surface area contributed by atoms with Crippen LogP contribution in [-0.2, 0) is 0 Å². The van der Waals surface area contributed by atoms with Crippen molar-refractivity contribution in [2.24, 2.45) is 0 Å². The van der Waals surface area contributed by atoms with Gasteiger partial charge < -0.3 is 9.64 Å². The SMILES string of the molecule is CCCN(C)c1cc2cccc(OC)c2cn1. The van der Waals surface area contributed by atoms with Crippen molar-refractivity contribution in [2.75, 3.05) is 25.6 Å². The lowest BCUT2D eigenvalue weighted by atomic mass is 10.1. The Balaban J connectivity index is 2.44. The van der Waals surface area contributed by atoms with E-state index in [9.17, 15) is 0 Å². The monoisotopic (exact) mass is 230 g/mol. The zero-order chi connectivity index (χ0) is 12.3. The summed E-state index contributed by atoms with van der Waals surface area (Å²) in [7, 11) is 3.75. The Bertz CT molecular complexity index is 511. The molecule has 0 aliphatic rings. The molecule has 1 heterocycles. The van der Waals surface area contributed by atoms with Crippen molar-refractivity contribution in [3.63, 3.8) is 0 Å². The van der Waals surface area contributed by atoms with Crippen molar-refractivity contribution in [3.05, 3.63) is 30.5 Å². The molecule has 0 unspecified atom stereocenters. The predicted octanol–water partition coefficient (Wildman–Crippen LogP) is 3.09. The van der Waals surface area contributed by atoms with Crippen molar-refractivity contribution in [1.82, 2.24) is 4.98 Å². The highest BCUT2D eigenvalue weighted by Gasteiger charge is 2.05. The number of methoxy groups -OCH3 is 1. The number of benzene rings is 1. The average molecular weight is 230 g/mol. The van der Waals surface area contributed by atoms with E-state index in [1.807, 2.05) is 18.3 Å². The molecule has 1 aromatic heterocycles. The van der Waals surface area contributed by atoms with Crippen molar-refractivity contribution >= 4 is 16.6 Å². The summed E-state index contributed by atoms with van der Waals surface area (Å²) in [5.41, 5.74) is 0. The van der Waals surface area contributed by atoms with Gasteiger partial charge in [0.25, 0.3) is 0 Å². The lowest BCUT2D eigenvalue weighted by Crippen LogP contribution is -2.18. The van der Waals surface area contributed by atoms with Gasteiger partial charge in [0.05, 0.1) is 7.11 Å². The molecule has 0 amide bonds. The van der Waals surface area contributed by atoms with Gasteiger partial charge in [0.2, 0.25) is 0 Å². The highest BCUT2D eigenvalue weighted by atomic mass is 16.5. The number of anilines is 1. The Kier molecular flexibility index (Phi) is 3.47. The van der Waals surface area contributed by atoms with Crippen molar-refractivity contribution in [1.29, 1.82) is 0 Å². The van der Waals surface area contributed by atoms with Crippen LogP contribution in [0.1, 0.15) is 13.3 Å². The van der Waals surface area contributed by atoms with Gasteiger partial charge in [-0.2, -0.15) is 0 Å². The second kappa shape index (κ2) is 5.04. The molecule has 0 N–H and O–H groups in total. The Morgan fingerprint density at radius 2 is 2.18 bits per heavy atom. The van der Waals surface area contributed by atoms with Crippen LogP contribution in [0.25, 0.3) is 10.8 Å². The molecule has 17 heavy (non-hydrogen) atoms. The molecule has 0 fully saturated rings. The summed E-state index contributed by atoms with van der Waals surface area (Å²) < 4.78 is 5.32. The zero-order valence-corrected chi connectivity index (χ0v) is 10.6. The quantitative estimate of drug-likeness (QED) is 0.807. The molecule has 0 aliphatic heterocycles. The molecule has 0 saturated carbocycles. The van der Waals surface area contributed by atoms with Crippen LogP contribution in [0.4, 0.5) is 5.82 Å². The first-order valence-electron chi connectivity index (χ1n) is 5.90. The smallest absolute Gasteiger partial charge is 0.128 e. The number of hydrogen-bond acceptors (Lipinski definition) is 3. The van der Waals surface area contributed by atoms with Crippen LogP contribution in [0.15, 0.2) is 30.5 Å². The molecule has 0 bridgehead atoms. The van der Waals surface area contributed by atoms with Crippen LogP contribution >= 0.6 is 0 Å². The number of nitrogens with zero attached hydrogens (tertiary/aromatic N) is 2. The van der Waals surface area contributed by atoms with E-state index in [1.54, 1.807) is 7.11 Å². The van der Waals surface area contributed by atoms with E-state index in [0.717, 1.165) is 35.3 Å². The summed E-state index contributed by atoms with van der Waals surface area (Å²) in [5, 5.41) is 2.22. The van der Waals surface area contributed by atoms with E-state index in [-0.39, 0.29) is 0 Å². The second-order valence-corrected chi connectivity index (χ2v) is 4.15. The van der Waals surface area contributed by atoms with Gasteiger partial charge in [-0.3, -0.25) is 0 Å². The Morgan fingerprint density at radius 1 is 1.35 bits per heavy atom. The maximum Gasteiger partial charge on any atom is 0.128 e. The first-order valence-corrected chi connectivity index (χ1v) is 5.90. The summed E-state index contributed by atoms with van der Waals surface area (Å²) in [6, 6.07) is 8.15. The highest BCUT2D eigenvalue weighted by molar-refractivity contribution is 5.89. The van der Waals surface area contributed by atoms with Crippen LogP contribution in [0.5, 0.6) is 5.75 Å². The third-order valence-electron chi connectivity index (χ3n) is 2.88. The molecule has 0 spiro atoms. The third-order valence-corrected chi connectivity index (χ3v) is 2.88. The lowest BCUT2D eigenvalue weighted by Gasteiger charge is -2.17. The maximum absolute atomic E-state index is 5.32. The van der Waals surface area contributed by atoms with E-state index < -0.39 is 0 Å². The molecular weight excluding hydrogens is 212 g/mol. The van der Waals surface area contributed by atoms with Gasteiger partial charge in [-0.1, -0.05) is 19.1 Å². The van der Waals surface area contributed by atoms with Crippen LogP contribution in [-0.4, -0.2) is 25.7 Å². The molecule has 2 rings (SSSR count). The molecule has 2 aromatic rings. The third kappa shape index (κ3) is 2.33. The average Bonchev–Trinajstić information content (AvgIpc) is 2.37. The van der Waals surface area contributed by atoms with E-state index in [1.165, 1.54) is 0 Å². The minimum atomic E-state index is 0.875. The molecule has 0 radical (unpaired) electrons. The van der Waals surface area contributed by atoms with Crippen LogP contribution in [0, 0.1) is 0 Å². The first-order chi connectivity index (χ1) is 8.26. The van der Waals surface area contributed by atoms with Crippen LogP contribution in [0.3, 0.4) is 0 Å². The number of aromatic nitrogens is 1. The highest BCUT2D eigenvalue weighted by Crippen LogP contribution is 2.26. The van der Waals surface area contributed by atoms with Crippen molar-refractivity contribution < 1.29 is 4.74 Å². The topological polar surface area (TPSA) is 25.4 Å². The van der Waals surface area contributed by atoms with Gasteiger partial charge in [-0.15, -0.1) is 0 Å². The molecule has 0 atom stereocenters. The minimum Gasteiger partial charge on any atom is -0.496 e. The summed E-state index contributed by atoms with van der Waals surface area (Å²) in [6.45, 7) is 3.18. The summed E-state index contributed by atoms with van der Waals surface area (Å²) >= 11 is 0. The van der Waals surface area contributed by atoms with E-state index in [0.29, 0.717) is 0 Å². The van der Waals surface area contributed by atoms with Gasteiger partial charge in [-0.05, 0) is 23.9 Å². The molecule has 0 aliphatic carbocycles. The standard InChI is InChI=1S/C14H18N2O/c1-4-8-16(2)14-9-11-6-5-7-13(17-3)12(11)10-15-14/h5-7,9-10H,4,8H2,1-3H3. The Labute approximate surface area is 102 Å². The Hall–Kier alpha value is -1.77. The fraction of sp³-hybridized carbons (Fsp3) is 0.357. The summed E-state index contributed by atoms with van der Waals surface area (Å²) in [6.07, 6.45) is 3.00. The van der Waals surface area contributed by atoms with Gasteiger partial charge in [0, 0.05) is 25.2 Å². The minimum absolute atomic E-state index is 0.875.